The van der Waals surface area contributed by atoms with Crippen LogP contribution in [-0.4, -0.2) is 22.6 Å². The Kier molecular flexibility index (Phi) is 4.67. The maximum atomic E-state index is 11.8. The van der Waals surface area contributed by atoms with E-state index in [2.05, 4.69) is 22.1 Å². The van der Waals surface area contributed by atoms with E-state index in [1.807, 2.05) is 12.1 Å². The maximum absolute atomic E-state index is 11.8. The van der Waals surface area contributed by atoms with E-state index in [4.69, 9.17) is 5.11 Å². The van der Waals surface area contributed by atoms with Crippen LogP contribution in [0.15, 0.2) is 36.5 Å². The Bertz CT molecular complexity index is 611. The molecule has 0 aliphatic rings. The van der Waals surface area contributed by atoms with E-state index in [9.17, 15) is 4.79 Å². The predicted octanol–water partition coefficient (Wildman–Crippen LogP) is 1.42. The maximum Gasteiger partial charge on any atom is 0.270 e. The van der Waals surface area contributed by atoms with Crippen LogP contribution < -0.4 is 5.32 Å². The monoisotopic (exact) mass is 272 g/mol. The zero-order valence-electron chi connectivity index (χ0n) is 10.1. The molecule has 2 N–H and O–H groups in total. The van der Waals surface area contributed by atoms with Gasteiger partial charge in [0.15, 0.2) is 0 Å². The van der Waals surface area contributed by atoms with E-state index in [0.717, 1.165) is 9.75 Å². The highest BCUT2D eigenvalue weighted by atomic mass is 32.1. The molecule has 0 atom stereocenters. The highest BCUT2D eigenvalue weighted by molar-refractivity contribution is 7.12. The average Bonchev–Trinajstić information content (AvgIpc) is 2.91. The van der Waals surface area contributed by atoms with Gasteiger partial charge in [0.05, 0.1) is 11.4 Å². The van der Waals surface area contributed by atoms with Gasteiger partial charge in [-0.2, -0.15) is 0 Å². The molecule has 0 radical (unpaired) electrons. The quantitative estimate of drug-likeness (QED) is 0.831. The van der Waals surface area contributed by atoms with Crippen LogP contribution in [0, 0.1) is 11.8 Å². The van der Waals surface area contributed by atoms with Gasteiger partial charge >= 0.3 is 0 Å². The van der Waals surface area contributed by atoms with Crippen molar-refractivity contribution in [2.24, 2.45) is 0 Å². The molecule has 2 aromatic heterocycles. The molecule has 0 fully saturated rings. The second-order valence-corrected chi connectivity index (χ2v) is 4.79. The molecule has 19 heavy (non-hydrogen) atoms. The molecule has 2 heterocycles. The van der Waals surface area contributed by atoms with Crippen molar-refractivity contribution in [1.29, 1.82) is 0 Å². The number of rotatable bonds is 3. The minimum Gasteiger partial charge on any atom is -0.384 e. The molecule has 0 spiro atoms. The molecule has 0 aromatic carbocycles. The number of pyridine rings is 1. The molecular formula is C14H12N2O2S. The third-order valence-corrected chi connectivity index (χ3v) is 3.27. The largest absolute Gasteiger partial charge is 0.384 e. The number of nitrogens with zero attached hydrogens (tertiary/aromatic N) is 1. The molecule has 0 aliphatic carbocycles. The highest BCUT2D eigenvalue weighted by Crippen LogP contribution is 2.15. The lowest BCUT2D eigenvalue weighted by Crippen LogP contribution is -2.23. The summed E-state index contributed by atoms with van der Waals surface area (Å²) >= 11 is 1.49. The summed E-state index contributed by atoms with van der Waals surface area (Å²) < 4.78 is 0. The number of carbonyl (C=O) groups is 1. The molecule has 1 amide bonds. The van der Waals surface area contributed by atoms with Gasteiger partial charge in [-0.05, 0) is 24.3 Å². The summed E-state index contributed by atoms with van der Waals surface area (Å²) in [7, 11) is 0. The molecule has 5 heteroatoms. The first-order valence-corrected chi connectivity index (χ1v) is 6.49. The Morgan fingerprint density at radius 2 is 2.26 bits per heavy atom. The van der Waals surface area contributed by atoms with Crippen LogP contribution in [0.2, 0.25) is 0 Å². The van der Waals surface area contributed by atoms with E-state index < -0.39 is 0 Å². The number of thiophene rings is 1. The fraction of sp³-hybridized carbons (Fsp3) is 0.143. The molecule has 2 rings (SSSR count). The number of carbonyl (C=O) groups excluding carboxylic acids is 1. The number of nitrogens with one attached hydrogen (secondary N) is 1. The molecule has 0 saturated heterocycles. The minimum absolute atomic E-state index is 0.149. The van der Waals surface area contributed by atoms with E-state index in [1.165, 1.54) is 11.3 Å². The van der Waals surface area contributed by atoms with Crippen molar-refractivity contribution >= 4 is 17.2 Å². The summed E-state index contributed by atoms with van der Waals surface area (Å²) in [5, 5.41) is 11.4. The Balaban J connectivity index is 1.92. The summed E-state index contributed by atoms with van der Waals surface area (Å²) in [6, 6.07) is 8.99. The van der Waals surface area contributed by atoms with Gasteiger partial charge in [0.25, 0.3) is 5.91 Å². The Morgan fingerprint density at radius 1 is 1.37 bits per heavy atom. The van der Waals surface area contributed by atoms with Gasteiger partial charge in [0.2, 0.25) is 0 Å². The van der Waals surface area contributed by atoms with Gasteiger partial charge in [-0.3, -0.25) is 9.78 Å². The van der Waals surface area contributed by atoms with Crippen LogP contribution in [0.1, 0.15) is 20.2 Å². The fourth-order valence-corrected chi connectivity index (χ4v) is 2.24. The SMILES string of the molecule is O=C(NCc1ccc(C#CCO)s1)c1ccccn1. The normalized spacial score (nSPS) is 9.53. The van der Waals surface area contributed by atoms with Gasteiger partial charge < -0.3 is 10.4 Å². The van der Waals surface area contributed by atoms with E-state index >= 15 is 0 Å². The van der Waals surface area contributed by atoms with Crippen molar-refractivity contribution in [3.05, 3.63) is 52.0 Å². The van der Waals surface area contributed by atoms with Gasteiger partial charge in [0.1, 0.15) is 12.3 Å². The average molecular weight is 272 g/mol. The first-order valence-electron chi connectivity index (χ1n) is 5.67. The van der Waals surface area contributed by atoms with Gasteiger partial charge in [-0.25, -0.2) is 0 Å². The van der Waals surface area contributed by atoms with Crippen molar-refractivity contribution in [1.82, 2.24) is 10.3 Å². The number of aromatic nitrogens is 1. The van der Waals surface area contributed by atoms with Crippen molar-refractivity contribution in [3.8, 4) is 11.8 Å². The smallest absolute Gasteiger partial charge is 0.270 e. The molecule has 4 nitrogen and oxygen atoms in total. The van der Waals surface area contributed by atoms with Gasteiger partial charge in [-0.15, -0.1) is 11.3 Å². The fourth-order valence-electron chi connectivity index (χ4n) is 1.42. The summed E-state index contributed by atoms with van der Waals surface area (Å²) in [6.07, 6.45) is 1.59. The Labute approximate surface area is 115 Å². The predicted molar refractivity (Wildman–Crippen MR) is 73.7 cm³/mol. The molecule has 0 aliphatic heterocycles. The lowest BCUT2D eigenvalue weighted by atomic mass is 10.3. The van der Waals surface area contributed by atoms with Crippen molar-refractivity contribution in [2.45, 2.75) is 6.54 Å². The number of aliphatic hydroxyl groups is 1. The number of amides is 1. The topological polar surface area (TPSA) is 62.2 Å². The minimum atomic E-state index is -0.197. The number of aliphatic hydroxyl groups excluding tert-OH is 1. The van der Waals surface area contributed by atoms with E-state index in [-0.39, 0.29) is 12.5 Å². The molecular weight excluding hydrogens is 260 g/mol. The van der Waals surface area contributed by atoms with Crippen LogP contribution in [0.4, 0.5) is 0 Å². The van der Waals surface area contributed by atoms with Crippen LogP contribution in [-0.2, 0) is 6.54 Å². The van der Waals surface area contributed by atoms with Crippen LogP contribution >= 0.6 is 11.3 Å². The van der Waals surface area contributed by atoms with Crippen LogP contribution in [0.5, 0.6) is 0 Å². The second-order valence-electron chi connectivity index (χ2n) is 3.62. The summed E-state index contributed by atoms with van der Waals surface area (Å²) in [6.45, 7) is 0.296. The molecule has 2 aromatic rings. The molecule has 0 unspecified atom stereocenters. The van der Waals surface area contributed by atoms with Crippen LogP contribution in [0.25, 0.3) is 0 Å². The molecule has 96 valence electrons. The highest BCUT2D eigenvalue weighted by Gasteiger charge is 2.06. The second kappa shape index (κ2) is 6.69. The standard InChI is InChI=1S/C14H12N2O2S/c17-9-3-4-11-6-7-12(19-11)10-16-14(18)13-5-1-2-8-15-13/h1-2,5-8,17H,9-10H2,(H,16,18). The van der Waals surface area contributed by atoms with Crippen LogP contribution in [0.3, 0.4) is 0 Å². The first kappa shape index (κ1) is 13.3. The third-order valence-electron chi connectivity index (χ3n) is 2.27. The molecule has 0 saturated carbocycles. The zero-order chi connectivity index (χ0) is 13.5. The van der Waals surface area contributed by atoms with Gasteiger partial charge in [-0.1, -0.05) is 17.9 Å². The summed E-state index contributed by atoms with van der Waals surface area (Å²) in [5.74, 6) is 5.22. The number of hydrogen-bond acceptors (Lipinski definition) is 4. The zero-order valence-corrected chi connectivity index (χ0v) is 10.9. The summed E-state index contributed by atoms with van der Waals surface area (Å²) in [5.41, 5.74) is 0.402. The molecule has 0 bridgehead atoms. The van der Waals surface area contributed by atoms with E-state index in [1.54, 1.807) is 24.4 Å². The Hall–Kier alpha value is -2.16. The van der Waals surface area contributed by atoms with Crippen molar-refractivity contribution < 1.29 is 9.90 Å². The van der Waals surface area contributed by atoms with Gasteiger partial charge in [0, 0.05) is 11.1 Å². The first-order chi connectivity index (χ1) is 9.29. The Morgan fingerprint density at radius 3 is 3.00 bits per heavy atom. The third kappa shape index (κ3) is 3.91. The van der Waals surface area contributed by atoms with E-state index in [0.29, 0.717) is 12.2 Å². The van der Waals surface area contributed by atoms with Crippen molar-refractivity contribution in [3.63, 3.8) is 0 Å². The van der Waals surface area contributed by atoms with Crippen molar-refractivity contribution in [2.75, 3.05) is 6.61 Å². The lowest BCUT2D eigenvalue weighted by molar-refractivity contribution is 0.0946. The summed E-state index contributed by atoms with van der Waals surface area (Å²) in [4.78, 5) is 17.6. The lowest BCUT2D eigenvalue weighted by Gasteiger charge is -2.01. The number of hydrogen-bond donors (Lipinski definition) is 2.